The summed E-state index contributed by atoms with van der Waals surface area (Å²) in [5.74, 6) is -0.0220. The number of hydrogen-bond acceptors (Lipinski definition) is 3. The van der Waals surface area contributed by atoms with Crippen LogP contribution < -0.4 is 5.32 Å². The van der Waals surface area contributed by atoms with E-state index in [9.17, 15) is 4.79 Å². The van der Waals surface area contributed by atoms with Crippen LogP contribution in [0.2, 0.25) is 0 Å². The minimum absolute atomic E-state index is 0.0220. The first-order chi connectivity index (χ1) is 13.7. The van der Waals surface area contributed by atoms with Gasteiger partial charge in [0.2, 0.25) is 0 Å². The summed E-state index contributed by atoms with van der Waals surface area (Å²) in [7, 11) is 0. The molecule has 1 aliphatic carbocycles. The minimum atomic E-state index is -0.0220. The molecule has 0 bridgehead atoms. The van der Waals surface area contributed by atoms with Crippen LogP contribution in [0, 0.1) is 0 Å². The fraction of sp³-hybridized carbons (Fsp3) is 0.217. The first-order valence-corrected chi connectivity index (χ1v) is 11.1. The van der Waals surface area contributed by atoms with Crippen LogP contribution in [0.25, 0.3) is 0 Å². The highest BCUT2D eigenvalue weighted by molar-refractivity contribution is 9.10. The Bertz CT molecular complexity index is 993. The van der Waals surface area contributed by atoms with E-state index in [4.69, 9.17) is 4.99 Å². The minimum Gasteiger partial charge on any atom is -0.348 e. The zero-order valence-electron chi connectivity index (χ0n) is 15.5. The molecule has 0 unspecified atom stereocenters. The quantitative estimate of drug-likeness (QED) is 0.468. The molecule has 2 aromatic carbocycles. The van der Waals surface area contributed by atoms with Crippen molar-refractivity contribution >= 4 is 44.4 Å². The third-order valence-electron chi connectivity index (χ3n) is 4.88. The summed E-state index contributed by atoms with van der Waals surface area (Å²) in [6, 6.07) is 18.0. The molecule has 3 aromatic rings. The van der Waals surface area contributed by atoms with Crippen molar-refractivity contribution in [3.8, 4) is 0 Å². The van der Waals surface area contributed by atoms with Gasteiger partial charge in [-0.3, -0.25) is 4.79 Å². The average Bonchev–Trinajstić information content (AvgIpc) is 3.11. The second kappa shape index (κ2) is 8.84. The zero-order chi connectivity index (χ0) is 19.3. The molecule has 5 heteroatoms. The van der Waals surface area contributed by atoms with Crippen LogP contribution >= 0.6 is 27.3 Å². The summed E-state index contributed by atoms with van der Waals surface area (Å²) in [5.41, 5.74) is 4.08. The molecule has 1 aliphatic rings. The number of benzene rings is 2. The Morgan fingerprint density at radius 3 is 2.61 bits per heavy atom. The molecule has 0 spiro atoms. The lowest BCUT2D eigenvalue weighted by Crippen LogP contribution is -2.24. The Kier molecular flexibility index (Phi) is 6.03. The third kappa shape index (κ3) is 4.42. The largest absolute Gasteiger partial charge is 0.348 e. The van der Waals surface area contributed by atoms with E-state index in [2.05, 4.69) is 21.2 Å². The van der Waals surface area contributed by atoms with Crippen LogP contribution in [-0.4, -0.2) is 12.1 Å². The lowest BCUT2D eigenvalue weighted by atomic mass is 9.95. The summed E-state index contributed by atoms with van der Waals surface area (Å²) in [5, 5.41) is 3.90. The topological polar surface area (TPSA) is 41.5 Å². The van der Waals surface area contributed by atoms with E-state index >= 15 is 0 Å². The fourth-order valence-electron chi connectivity index (χ4n) is 3.43. The molecular weight excluding hydrogens is 432 g/mol. The van der Waals surface area contributed by atoms with Crippen molar-refractivity contribution in [2.24, 2.45) is 4.99 Å². The number of rotatable bonds is 5. The van der Waals surface area contributed by atoms with E-state index in [0.29, 0.717) is 6.54 Å². The molecule has 142 valence electrons. The van der Waals surface area contributed by atoms with E-state index < -0.39 is 0 Å². The molecule has 3 nitrogen and oxygen atoms in total. The molecule has 0 saturated heterocycles. The Labute approximate surface area is 177 Å². The van der Waals surface area contributed by atoms with Gasteiger partial charge in [-0.2, -0.15) is 0 Å². The van der Waals surface area contributed by atoms with E-state index in [1.54, 1.807) is 11.3 Å². The van der Waals surface area contributed by atoms with Gasteiger partial charge in [0.25, 0.3) is 5.91 Å². The number of thiophene rings is 1. The van der Waals surface area contributed by atoms with Gasteiger partial charge >= 0.3 is 0 Å². The lowest BCUT2D eigenvalue weighted by Gasteiger charge is -2.12. The van der Waals surface area contributed by atoms with E-state index in [1.165, 1.54) is 16.9 Å². The van der Waals surface area contributed by atoms with Gasteiger partial charge in [0.1, 0.15) is 5.00 Å². The maximum absolute atomic E-state index is 13.0. The van der Waals surface area contributed by atoms with Crippen molar-refractivity contribution in [3.63, 3.8) is 0 Å². The molecule has 0 radical (unpaired) electrons. The van der Waals surface area contributed by atoms with Crippen LogP contribution in [0.3, 0.4) is 0 Å². The first kappa shape index (κ1) is 19.1. The van der Waals surface area contributed by atoms with E-state index in [1.807, 2.05) is 60.8 Å². The van der Waals surface area contributed by atoms with Crippen LogP contribution in [0.15, 0.2) is 64.1 Å². The average molecular weight is 453 g/mol. The highest BCUT2D eigenvalue weighted by Crippen LogP contribution is 2.39. The maximum atomic E-state index is 13.0. The highest BCUT2D eigenvalue weighted by Gasteiger charge is 2.25. The van der Waals surface area contributed by atoms with E-state index in [0.717, 1.165) is 45.4 Å². The Hall–Kier alpha value is -2.24. The maximum Gasteiger partial charge on any atom is 0.254 e. The fourth-order valence-corrected chi connectivity index (χ4v) is 4.92. The monoisotopic (exact) mass is 452 g/mol. The van der Waals surface area contributed by atoms with Gasteiger partial charge in [-0.15, -0.1) is 11.3 Å². The first-order valence-electron chi connectivity index (χ1n) is 9.47. The molecule has 0 aliphatic heterocycles. The molecule has 0 fully saturated rings. The van der Waals surface area contributed by atoms with E-state index in [-0.39, 0.29) is 5.91 Å². The molecule has 1 N–H and O–H groups in total. The normalized spacial score (nSPS) is 13.5. The molecule has 4 rings (SSSR count). The Morgan fingerprint density at radius 1 is 1.07 bits per heavy atom. The number of nitrogens with zero attached hydrogens (tertiary/aromatic N) is 1. The molecule has 28 heavy (non-hydrogen) atoms. The number of aryl methyl sites for hydroxylation is 1. The van der Waals surface area contributed by atoms with Crippen molar-refractivity contribution in [1.29, 1.82) is 0 Å². The second-order valence-electron chi connectivity index (χ2n) is 6.87. The van der Waals surface area contributed by atoms with Crippen LogP contribution in [0.5, 0.6) is 0 Å². The lowest BCUT2D eigenvalue weighted by molar-refractivity contribution is 0.0951. The van der Waals surface area contributed by atoms with Crippen molar-refractivity contribution < 1.29 is 4.79 Å². The molecule has 0 saturated carbocycles. The molecule has 0 atom stereocenters. The number of aliphatic imine (C=N–C) groups is 1. The van der Waals surface area contributed by atoms with Crippen molar-refractivity contribution in [2.75, 3.05) is 0 Å². The standard InChI is InChI=1S/C23H21BrN2OS/c24-18-12-10-17(11-13-18)15-26-23-21(19-8-4-5-9-20(19)28-23)22(27)25-14-16-6-2-1-3-7-16/h1-3,6-7,10-13,15H,4-5,8-9,14H2,(H,25,27). The Morgan fingerprint density at radius 2 is 1.82 bits per heavy atom. The van der Waals surface area contributed by atoms with Gasteiger partial charge in [0.05, 0.1) is 5.56 Å². The van der Waals surface area contributed by atoms with Gasteiger partial charge in [0, 0.05) is 22.1 Å². The van der Waals surface area contributed by atoms with Gasteiger partial charge < -0.3 is 5.32 Å². The number of halogens is 1. The van der Waals surface area contributed by atoms with Gasteiger partial charge in [-0.1, -0.05) is 58.4 Å². The second-order valence-corrected chi connectivity index (χ2v) is 8.87. The third-order valence-corrected chi connectivity index (χ3v) is 6.61. The zero-order valence-corrected chi connectivity index (χ0v) is 17.9. The molecule has 1 aromatic heterocycles. The van der Waals surface area contributed by atoms with Crippen LogP contribution in [0.1, 0.15) is 44.8 Å². The predicted molar refractivity (Wildman–Crippen MR) is 120 cm³/mol. The SMILES string of the molecule is O=C(NCc1ccccc1)c1c(N=Cc2ccc(Br)cc2)sc2c1CCCC2. The summed E-state index contributed by atoms with van der Waals surface area (Å²) in [4.78, 5) is 19.1. The van der Waals surface area contributed by atoms with Crippen LogP contribution in [0.4, 0.5) is 5.00 Å². The molecule has 1 amide bonds. The molecule has 1 heterocycles. The number of carbonyl (C=O) groups excluding carboxylic acids is 1. The van der Waals surface area contributed by atoms with Gasteiger partial charge in [-0.05, 0) is 54.5 Å². The van der Waals surface area contributed by atoms with Crippen molar-refractivity contribution in [3.05, 3.63) is 86.2 Å². The van der Waals surface area contributed by atoms with Crippen molar-refractivity contribution in [1.82, 2.24) is 5.32 Å². The number of hydrogen-bond donors (Lipinski definition) is 1. The van der Waals surface area contributed by atoms with Gasteiger partial charge in [0.15, 0.2) is 0 Å². The molecular formula is C23H21BrN2OS. The van der Waals surface area contributed by atoms with Gasteiger partial charge in [-0.25, -0.2) is 4.99 Å². The number of fused-ring (bicyclic) bond motifs is 1. The summed E-state index contributed by atoms with van der Waals surface area (Å²) in [6.45, 7) is 0.528. The predicted octanol–water partition coefficient (Wildman–Crippen LogP) is 6.07. The smallest absolute Gasteiger partial charge is 0.254 e. The number of amides is 1. The summed E-state index contributed by atoms with van der Waals surface area (Å²) in [6.07, 6.45) is 6.19. The highest BCUT2D eigenvalue weighted by atomic mass is 79.9. The van der Waals surface area contributed by atoms with Crippen molar-refractivity contribution in [2.45, 2.75) is 32.2 Å². The summed E-state index contributed by atoms with van der Waals surface area (Å²) >= 11 is 5.12. The van der Waals surface area contributed by atoms with Crippen LogP contribution in [-0.2, 0) is 19.4 Å². The Balaban J connectivity index is 1.60. The number of carbonyl (C=O) groups is 1. The summed E-state index contributed by atoms with van der Waals surface area (Å²) < 4.78 is 1.04. The number of nitrogens with one attached hydrogen (secondary N) is 1.